The first-order valence-corrected chi connectivity index (χ1v) is 7.68. The fraction of sp³-hybridized carbons (Fsp3) is 0.455. The van der Waals surface area contributed by atoms with Crippen LogP contribution in [0.4, 0.5) is 4.39 Å². The Bertz CT molecular complexity index is 522. The average Bonchev–Trinajstić information content (AvgIpc) is 2.29. The Morgan fingerprint density at radius 1 is 1.50 bits per heavy atom. The van der Waals surface area contributed by atoms with E-state index in [0.717, 1.165) is 6.26 Å². The smallest absolute Gasteiger partial charge is 0.151 e. The van der Waals surface area contributed by atoms with Gasteiger partial charge >= 0.3 is 0 Å². The molecule has 0 radical (unpaired) electrons. The van der Waals surface area contributed by atoms with E-state index in [1.54, 1.807) is 12.1 Å². The van der Waals surface area contributed by atoms with Crippen LogP contribution in [-0.2, 0) is 16.3 Å². The average molecular weight is 295 g/mol. The third kappa shape index (κ3) is 3.65. The van der Waals surface area contributed by atoms with E-state index in [9.17, 15) is 12.8 Å². The molecule has 7 heteroatoms. The van der Waals surface area contributed by atoms with Crippen molar-refractivity contribution in [3.63, 3.8) is 0 Å². The zero-order valence-electron chi connectivity index (χ0n) is 10.2. The molecule has 0 saturated heterocycles. The van der Waals surface area contributed by atoms with Crippen molar-refractivity contribution in [1.29, 1.82) is 0 Å². The van der Waals surface area contributed by atoms with E-state index in [1.807, 2.05) is 0 Å². The molecule has 0 fully saturated rings. The maximum Gasteiger partial charge on any atom is 0.151 e. The highest BCUT2D eigenvalue weighted by atomic mass is 35.5. The van der Waals surface area contributed by atoms with E-state index in [1.165, 1.54) is 13.0 Å². The van der Waals surface area contributed by atoms with Gasteiger partial charge in [-0.05, 0) is 25.0 Å². The molecule has 0 aliphatic carbocycles. The molecular weight excluding hydrogens is 279 g/mol. The Morgan fingerprint density at radius 3 is 2.61 bits per heavy atom. The number of nitrogens with two attached hydrogens (primary N) is 1. The predicted molar refractivity (Wildman–Crippen MR) is 70.5 cm³/mol. The van der Waals surface area contributed by atoms with E-state index in [2.05, 4.69) is 5.43 Å². The molecule has 102 valence electrons. The lowest BCUT2D eigenvalue weighted by molar-refractivity contribution is 0.484. The van der Waals surface area contributed by atoms with E-state index in [4.69, 9.17) is 17.4 Å². The number of sulfone groups is 1. The minimum atomic E-state index is -3.26. The molecule has 0 saturated carbocycles. The Balaban J connectivity index is 2.97. The van der Waals surface area contributed by atoms with Crippen LogP contribution >= 0.6 is 11.6 Å². The fourth-order valence-electron chi connectivity index (χ4n) is 1.60. The third-order valence-corrected chi connectivity index (χ3v) is 4.90. The first kappa shape index (κ1) is 15.4. The first-order chi connectivity index (χ1) is 8.27. The largest absolute Gasteiger partial charge is 0.271 e. The van der Waals surface area contributed by atoms with Crippen molar-refractivity contribution in [1.82, 2.24) is 5.43 Å². The molecule has 0 aromatic heterocycles. The van der Waals surface area contributed by atoms with Crippen molar-refractivity contribution < 1.29 is 12.8 Å². The minimum absolute atomic E-state index is 0.00952. The summed E-state index contributed by atoms with van der Waals surface area (Å²) in [5, 5.41) is -0.712. The number of nitrogens with one attached hydrogen (secondary N) is 1. The van der Waals surface area contributed by atoms with Gasteiger partial charge in [0.2, 0.25) is 0 Å². The van der Waals surface area contributed by atoms with Gasteiger partial charge in [0, 0.05) is 12.3 Å². The van der Waals surface area contributed by atoms with Crippen LogP contribution < -0.4 is 11.3 Å². The molecule has 1 rings (SSSR count). The Hall–Kier alpha value is -0.690. The molecular formula is C11H16ClFN2O2S. The molecule has 2 atom stereocenters. The van der Waals surface area contributed by atoms with E-state index < -0.39 is 26.9 Å². The summed E-state index contributed by atoms with van der Waals surface area (Å²) in [5.41, 5.74) is 2.75. The van der Waals surface area contributed by atoms with Crippen molar-refractivity contribution in [2.45, 2.75) is 24.6 Å². The van der Waals surface area contributed by atoms with Gasteiger partial charge in [-0.25, -0.2) is 12.8 Å². The molecule has 3 N–H and O–H groups in total. The number of rotatable bonds is 5. The van der Waals surface area contributed by atoms with Crippen molar-refractivity contribution >= 4 is 21.4 Å². The Kier molecular flexibility index (Phi) is 5.10. The second-order valence-electron chi connectivity index (χ2n) is 4.22. The van der Waals surface area contributed by atoms with Gasteiger partial charge in [0.25, 0.3) is 0 Å². The van der Waals surface area contributed by atoms with E-state index >= 15 is 0 Å². The van der Waals surface area contributed by atoms with Gasteiger partial charge in [-0.2, -0.15) is 0 Å². The van der Waals surface area contributed by atoms with Gasteiger partial charge < -0.3 is 0 Å². The quantitative estimate of drug-likeness (QED) is 0.634. The summed E-state index contributed by atoms with van der Waals surface area (Å²) in [6.45, 7) is 1.53. The van der Waals surface area contributed by atoms with Crippen LogP contribution in [0.1, 0.15) is 12.5 Å². The maximum atomic E-state index is 13.7. The van der Waals surface area contributed by atoms with Crippen molar-refractivity contribution in [2.75, 3.05) is 6.26 Å². The maximum absolute atomic E-state index is 13.7. The molecule has 0 bridgehead atoms. The van der Waals surface area contributed by atoms with E-state index in [0.29, 0.717) is 5.56 Å². The zero-order chi connectivity index (χ0) is 13.9. The first-order valence-electron chi connectivity index (χ1n) is 5.35. The highest BCUT2D eigenvalue weighted by Crippen LogP contribution is 2.20. The molecule has 0 aliphatic heterocycles. The van der Waals surface area contributed by atoms with Gasteiger partial charge in [-0.1, -0.05) is 23.7 Å². The molecule has 4 nitrogen and oxygen atoms in total. The van der Waals surface area contributed by atoms with Crippen LogP contribution in [-0.4, -0.2) is 26.0 Å². The summed E-state index contributed by atoms with van der Waals surface area (Å²) in [7, 11) is -3.26. The Labute approximate surface area is 111 Å². The Morgan fingerprint density at radius 2 is 2.11 bits per heavy atom. The number of hydrogen-bond donors (Lipinski definition) is 2. The van der Waals surface area contributed by atoms with E-state index in [-0.39, 0.29) is 11.4 Å². The minimum Gasteiger partial charge on any atom is -0.271 e. The summed E-state index contributed by atoms with van der Waals surface area (Å²) in [6.07, 6.45) is 1.27. The van der Waals surface area contributed by atoms with Gasteiger partial charge in [-0.3, -0.25) is 11.3 Å². The highest BCUT2D eigenvalue weighted by Gasteiger charge is 2.26. The van der Waals surface area contributed by atoms with Gasteiger partial charge in [-0.15, -0.1) is 0 Å². The lowest BCUT2D eigenvalue weighted by atomic mass is 10.0. The normalized spacial score (nSPS) is 15.4. The van der Waals surface area contributed by atoms with Crippen molar-refractivity contribution in [2.24, 2.45) is 5.84 Å². The second kappa shape index (κ2) is 5.97. The molecule has 0 spiro atoms. The summed E-state index contributed by atoms with van der Waals surface area (Å²) < 4.78 is 36.6. The fourth-order valence-corrected chi connectivity index (χ4v) is 2.57. The lowest BCUT2D eigenvalue weighted by Gasteiger charge is -2.22. The van der Waals surface area contributed by atoms with Crippen molar-refractivity contribution in [3.05, 3.63) is 34.6 Å². The van der Waals surface area contributed by atoms with Crippen LogP contribution in [0.25, 0.3) is 0 Å². The standard InChI is InChI=1S/C11H16ClFN2O2S/c1-7(18(2,16)17)10(15-14)6-8-4-3-5-9(12)11(8)13/h3-5,7,10,15H,6,14H2,1-2H3. The molecule has 1 aromatic rings. The van der Waals surface area contributed by atoms with Crippen LogP contribution in [0.2, 0.25) is 5.02 Å². The predicted octanol–water partition coefficient (Wildman–Crippen LogP) is 1.29. The summed E-state index contributed by atoms with van der Waals surface area (Å²) in [6, 6.07) is 4.03. The van der Waals surface area contributed by atoms with Crippen LogP contribution in [0.3, 0.4) is 0 Å². The number of halogens is 2. The molecule has 1 aromatic carbocycles. The van der Waals surface area contributed by atoms with Crippen LogP contribution in [0, 0.1) is 5.82 Å². The molecule has 18 heavy (non-hydrogen) atoms. The van der Waals surface area contributed by atoms with Crippen LogP contribution in [0.5, 0.6) is 0 Å². The van der Waals surface area contributed by atoms with Gasteiger partial charge in [0.05, 0.1) is 10.3 Å². The summed E-state index contributed by atoms with van der Waals surface area (Å²) >= 11 is 5.67. The number of hydrogen-bond acceptors (Lipinski definition) is 4. The monoisotopic (exact) mass is 294 g/mol. The number of hydrazine groups is 1. The van der Waals surface area contributed by atoms with Gasteiger partial charge in [0.15, 0.2) is 9.84 Å². The molecule has 0 heterocycles. The molecule has 0 amide bonds. The topological polar surface area (TPSA) is 72.2 Å². The molecule has 2 unspecified atom stereocenters. The van der Waals surface area contributed by atoms with Gasteiger partial charge in [0.1, 0.15) is 5.82 Å². The third-order valence-electron chi connectivity index (χ3n) is 2.93. The molecule has 0 aliphatic rings. The second-order valence-corrected chi connectivity index (χ2v) is 7.03. The summed E-state index contributed by atoms with van der Waals surface area (Å²) in [5.74, 6) is 4.79. The highest BCUT2D eigenvalue weighted by molar-refractivity contribution is 7.91. The number of benzene rings is 1. The van der Waals surface area contributed by atoms with Crippen LogP contribution in [0.15, 0.2) is 18.2 Å². The summed E-state index contributed by atoms with van der Waals surface area (Å²) in [4.78, 5) is 0. The lowest BCUT2D eigenvalue weighted by Crippen LogP contribution is -2.47. The van der Waals surface area contributed by atoms with Crippen molar-refractivity contribution in [3.8, 4) is 0 Å². The SMILES string of the molecule is CC(C(Cc1cccc(Cl)c1F)NN)S(C)(=O)=O. The zero-order valence-corrected chi connectivity index (χ0v) is 11.7.